The minimum Gasteiger partial charge on any atom is -0.394 e. The van der Waals surface area contributed by atoms with E-state index in [2.05, 4.69) is 10.4 Å². The number of aromatic nitrogens is 2. The average molecular weight is 267 g/mol. The zero-order valence-electron chi connectivity index (χ0n) is 11.7. The molecule has 1 aromatic rings. The van der Waals surface area contributed by atoms with Gasteiger partial charge in [0.2, 0.25) is 0 Å². The molecule has 2 heterocycles. The molecule has 2 rings (SSSR count). The first-order valence-corrected chi connectivity index (χ1v) is 6.50. The lowest BCUT2D eigenvalue weighted by Gasteiger charge is -2.36. The molecule has 1 amide bonds. The Morgan fingerprint density at radius 1 is 1.47 bits per heavy atom. The van der Waals surface area contributed by atoms with E-state index in [1.165, 1.54) is 0 Å². The van der Waals surface area contributed by atoms with Crippen molar-refractivity contribution in [3.05, 3.63) is 17.0 Å². The Bertz CT molecular complexity index is 476. The summed E-state index contributed by atoms with van der Waals surface area (Å²) < 4.78 is 6.98. The van der Waals surface area contributed by atoms with E-state index < -0.39 is 5.54 Å². The van der Waals surface area contributed by atoms with Crippen LogP contribution in [0.25, 0.3) is 0 Å². The van der Waals surface area contributed by atoms with Crippen molar-refractivity contribution < 1.29 is 14.6 Å². The summed E-state index contributed by atoms with van der Waals surface area (Å²) in [4.78, 5) is 12.4. The van der Waals surface area contributed by atoms with E-state index in [0.29, 0.717) is 37.3 Å². The number of aliphatic hydroxyl groups excluding tert-OH is 1. The molecule has 1 aliphatic heterocycles. The molecule has 0 aliphatic carbocycles. The predicted octanol–water partition coefficient (Wildman–Crippen LogP) is 0.308. The van der Waals surface area contributed by atoms with Gasteiger partial charge in [-0.15, -0.1) is 0 Å². The number of rotatable bonds is 3. The molecule has 0 bridgehead atoms. The Kier molecular flexibility index (Phi) is 3.91. The summed E-state index contributed by atoms with van der Waals surface area (Å²) in [5.74, 6) is -0.168. The SMILES string of the molecule is Cc1nn(C)c(C)c1C(=O)NC1(CO)CCOCC1. The van der Waals surface area contributed by atoms with E-state index in [1.54, 1.807) is 4.68 Å². The van der Waals surface area contributed by atoms with Gasteiger partial charge in [-0.05, 0) is 26.7 Å². The maximum atomic E-state index is 12.4. The molecule has 1 aromatic heterocycles. The molecule has 0 unspecified atom stereocenters. The van der Waals surface area contributed by atoms with Crippen molar-refractivity contribution in [1.82, 2.24) is 15.1 Å². The zero-order chi connectivity index (χ0) is 14.0. The molecule has 19 heavy (non-hydrogen) atoms. The number of ether oxygens (including phenoxy) is 1. The molecule has 0 spiro atoms. The summed E-state index contributed by atoms with van der Waals surface area (Å²) in [5, 5.41) is 16.8. The number of amides is 1. The van der Waals surface area contributed by atoms with Crippen molar-refractivity contribution in [3.8, 4) is 0 Å². The van der Waals surface area contributed by atoms with Gasteiger partial charge in [-0.3, -0.25) is 9.48 Å². The highest BCUT2D eigenvalue weighted by Crippen LogP contribution is 2.22. The Labute approximate surface area is 112 Å². The third-order valence-corrected chi connectivity index (χ3v) is 3.87. The van der Waals surface area contributed by atoms with Gasteiger partial charge in [0.25, 0.3) is 5.91 Å². The van der Waals surface area contributed by atoms with E-state index >= 15 is 0 Å². The summed E-state index contributed by atoms with van der Waals surface area (Å²) >= 11 is 0. The topological polar surface area (TPSA) is 76.4 Å². The number of hydrogen-bond acceptors (Lipinski definition) is 4. The van der Waals surface area contributed by atoms with Gasteiger partial charge in [0.05, 0.1) is 23.4 Å². The van der Waals surface area contributed by atoms with E-state index in [-0.39, 0.29) is 12.5 Å². The van der Waals surface area contributed by atoms with E-state index in [4.69, 9.17) is 4.74 Å². The van der Waals surface area contributed by atoms with Crippen LogP contribution in [0.1, 0.15) is 34.6 Å². The third kappa shape index (κ3) is 2.64. The molecule has 0 atom stereocenters. The Morgan fingerprint density at radius 2 is 2.11 bits per heavy atom. The maximum absolute atomic E-state index is 12.4. The standard InChI is InChI=1S/C13H21N3O3/c1-9-11(10(2)16(3)15-9)12(18)14-13(8-17)4-6-19-7-5-13/h17H,4-8H2,1-3H3,(H,14,18). The van der Waals surface area contributed by atoms with Gasteiger partial charge in [0.1, 0.15) is 0 Å². The number of aliphatic hydroxyl groups is 1. The number of carbonyl (C=O) groups excluding carboxylic acids is 1. The fraction of sp³-hybridized carbons (Fsp3) is 0.692. The van der Waals surface area contributed by atoms with Gasteiger partial charge in [-0.1, -0.05) is 0 Å². The number of hydrogen-bond donors (Lipinski definition) is 2. The molecule has 1 aliphatic rings. The molecule has 1 fully saturated rings. The first-order chi connectivity index (χ1) is 8.99. The van der Waals surface area contributed by atoms with Gasteiger partial charge in [-0.2, -0.15) is 5.10 Å². The van der Waals surface area contributed by atoms with Crippen LogP contribution in [-0.2, 0) is 11.8 Å². The Balaban J connectivity index is 2.20. The normalized spacial score (nSPS) is 18.3. The monoisotopic (exact) mass is 267 g/mol. The second kappa shape index (κ2) is 5.30. The van der Waals surface area contributed by atoms with Crippen molar-refractivity contribution in [1.29, 1.82) is 0 Å². The molecule has 6 nitrogen and oxygen atoms in total. The number of nitrogens with one attached hydrogen (secondary N) is 1. The van der Waals surface area contributed by atoms with Crippen LogP contribution in [0.2, 0.25) is 0 Å². The van der Waals surface area contributed by atoms with Crippen LogP contribution in [0.5, 0.6) is 0 Å². The van der Waals surface area contributed by atoms with E-state index in [0.717, 1.165) is 5.69 Å². The highest BCUT2D eigenvalue weighted by molar-refractivity contribution is 5.96. The first kappa shape index (κ1) is 14.0. The van der Waals surface area contributed by atoms with Crippen molar-refractivity contribution in [2.45, 2.75) is 32.2 Å². The smallest absolute Gasteiger partial charge is 0.255 e. The largest absolute Gasteiger partial charge is 0.394 e. The molecule has 0 radical (unpaired) electrons. The molecular weight excluding hydrogens is 246 g/mol. The molecule has 6 heteroatoms. The third-order valence-electron chi connectivity index (χ3n) is 3.87. The average Bonchev–Trinajstić information content (AvgIpc) is 2.64. The van der Waals surface area contributed by atoms with Crippen LogP contribution >= 0.6 is 0 Å². The minimum atomic E-state index is -0.565. The van der Waals surface area contributed by atoms with Gasteiger partial charge in [0.15, 0.2) is 0 Å². The van der Waals surface area contributed by atoms with Crippen LogP contribution in [0.3, 0.4) is 0 Å². The van der Waals surface area contributed by atoms with Crippen molar-refractivity contribution >= 4 is 5.91 Å². The fourth-order valence-electron chi connectivity index (χ4n) is 2.49. The predicted molar refractivity (Wildman–Crippen MR) is 70.0 cm³/mol. The van der Waals surface area contributed by atoms with E-state index in [9.17, 15) is 9.90 Å². The van der Waals surface area contributed by atoms with Crippen molar-refractivity contribution in [2.24, 2.45) is 7.05 Å². The van der Waals surface area contributed by atoms with Crippen LogP contribution in [0.15, 0.2) is 0 Å². The lowest BCUT2D eigenvalue weighted by Crippen LogP contribution is -2.54. The summed E-state index contributed by atoms with van der Waals surface area (Å²) in [5.41, 5.74) is 1.57. The van der Waals surface area contributed by atoms with Gasteiger partial charge in [0, 0.05) is 26.0 Å². The minimum absolute atomic E-state index is 0.0690. The number of aryl methyl sites for hydroxylation is 2. The second-order valence-electron chi connectivity index (χ2n) is 5.17. The molecule has 2 N–H and O–H groups in total. The second-order valence-corrected chi connectivity index (χ2v) is 5.17. The van der Waals surface area contributed by atoms with Crippen LogP contribution in [0.4, 0.5) is 0 Å². The summed E-state index contributed by atoms with van der Waals surface area (Å²) in [7, 11) is 1.81. The molecule has 1 saturated heterocycles. The van der Waals surface area contributed by atoms with E-state index in [1.807, 2.05) is 20.9 Å². The van der Waals surface area contributed by atoms with Crippen molar-refractivity contribution in [3.63, 3.8) is 0 Å². The fourth-order valence-corrected chi connectivity index (χ4v) is 2.49. The maximum Gasteiger partial charge on any atom is 0.255 e. The lowest BCUT2D eigenvalue weighted by molar-refractivity contribution is 0.0125. The van der Waals surface area contributed by atoms with Gasteiger partial charge >= 0.3 is 0 Å². The van der Waals surface area contributed by atoms with Gasteiger partial charge < -0.3 is 15.2 Å². The summed E-state index contributed by atoms with van der Waals surface area (Å²) in [6, 6.07) is 0. The van der Waals surface area contributed by atoms with Crippen LogP contribution in [-0.4, -0.2) is 46.2 Å². The molecule has 0 saturated carbocycles. The Morgan fingerprint density at radius 3 is 2.58 bits per heavy atom. The zero-order valence-corrected chi connectivity index (χ0v) is 11.7. The first-order valence-electron chi connectivity index (χ1n) is 6.50. The highest BCUT2D eigenvalue weighted by atomic mass is 16.5. The van der Waals surface area contributed by atoms with Crippen LogP contribution < -0.4 is 5.32 Å². The van der Waals surface area contributed by atoms with Gasteiger partial charge in [-0.25, -0.2) is 0 Å². The number of carbonyl (C=O) groups is 1. The van der Waals surface area contributed by atoms with Crippen molar-refractivity contribution in [2.75, 3.05) is 19.8 Å². The summed E-state index contributed by atoms with van der Waals surface area (Å²) in [6.45, 7) is 4.74. The van der Waals surface area contributed by atoms with Crippen LogP contribution in [0, 0.1) is 13.8 Å². The lowest BCUT2D eigenvalue weighted by atomic mass is 9.90. The molecule has 106 valence electrons. The molecular formula is C13H21N3O3. The Hall–Kier alpha value is -1.40. The quantitative estimate of drug-likeness (QED) is 0.826. The number of nitrogens with zero attached hydrogens (tertiary/aromatic N) is 2. The highest BCUT2D eigenvalue weighted by Gasteiger charge is 2.34. The molecule has 0 aromatic carbocycles. The summed E-state index contributed by atoms with van der Waals surface area (Å²) in [6.07, 6.45) is 1.27.